The lowest BCUT2D eigenvalue weighted by atomic mass is 9.96. The highest BCUT2D eigenvalue weighted by molar-refractivity contribution is 5.68. The molecule has 0 spiro atoms. The number of hydrogen-bond acceptors (Lipinski definition) is 15. The summed E-state index contributed by atoms with van der Waals surface area (Å²) in [6.45, 7) is 10.6. The van der Waals surface area contributed by atoms with Gasteiger partial charge in [-0.15, -0.1) is 6.58 Å². The molecule has 232 valence electrons. The van der Waals surface area contributed by atoms with Gasteiger partial charge in [-0.1, -0.05) is 6.08 Å². The van der Waals surface area contributed by atoms with Gasteiger partial charge in [-0.3, -0.25) is 24.0 Å². The summed E-state index contributed by atoms with van der Waals surface area (Å²) in [6.07, 6.45) is -10.6. The Kier molecular flexibility index (Phi) is 13.1. The van der Waals surface area contributed by atoms with Crippen LogP contribution in [-0.4, -0.2) is 112 Å². The summed E-state index contributed by atoms with van der Waals surface area (Å²) < 4.78 is 56.4. The fraction of sp³-hybridized carbons (Fsp3) is 0.731. The molecule has 15 nitrogen and oxygen atoms in total. The number of esters is 5. The Hall–Kier alpha value is -3.11. The van der Waals surface area contributed by atoms with Crippen molar-refractivity contribution in [2.24, 2.45) is 0 Å². The van der Waals surface area contributed by atoms with Crippen LogP contribution in [0.25, 0.3) is 0 Å². The Morgan fingerprint density at radius 2 is 1.20 bits per heavy atom. The maximum Gasteiger partial charge on any atom is 0.303 e. The van der Waals surface area contributed by atoms with Crippen LogP contribution >= 0.6 is 0 Å². The van der Waals surface area contributed by atoms with Crippen molar-refractivity contribution >= 4 is 29.8 Å². The van der Waals surface area contributed by atoms with Gasteiger partial charge in [0.2, 0.25) is 0 Å². The lowest BCUT2D eigenvalue weighted by Crippen LogP contribution is -2.66. The molecule has 0 bridgehead atoms. The first-order valence-electron chi connectivity index (χ1n) is 12.8. The summed E-state index contributed by atoms with van der Waals surface area (Å²) in [5, 5.41) is 0. The highest BCUT2D eigenvalue weighted by atomic mass is 16.8. The Balaban J connectivity index is 2.53. The molecule has 0 N–H and O–H groups in total. The SMILES string of the molecule is C=CCO[C@@H]1O[C@H](COC(C)=O)[C@H](OC(C)=O)[C@H](OC(C)=O)[C@H]1O[C@@H]1O[C@@H](C)[C@@H](OC(C)=O)[C@@H](OC(C)=O)[C@@H]1OC. The average Bonchev–Trinajstić information content (AvgIpc) is 2.85. The van der Waals surface area contributed by atoms with E-state index >= 15 is 0 Å². The van der Waals surface area contributed by atoms with Crippen molar-refractivity contribution in [3.63, 3.8) is 0 Å². The Morgan fingerprint density at radius 1 is 0.683 bits per heavy atom. The third-order valence-electron chi connectivity index (χ3n) is 5.92. The van der Waals surface area contributed by atoms with Crippen molar-refractivity contribution in [1.29, 1.82) is 0 Å². The molecule has 0 saturated carbocycles. The van der Waals surface area contributed by atoms with Gasteiger partial charge in [0.05, 0.1) is 12.7 Å². The van der Waals surface area contributed by atoms with E-state index in [-0.39, 0.29) is 13.2 Å². The maximum atomic E-state index is 12.2. The lowest BCUT2D eigenvalue weighted by molar-refractivity contribution is -0.366. The van der Waals surface area contributed by atoms with Crippen LogP contribution in [0.2, 0.25) is 0 Å². The van der Waals surface area contributed by atoms with Crippen LogP contribution in [0.4, 0.5) is 0 Å². The predicted octanol–water partition coefficient (Wildman–Crippen LogP) is 0.349. The molecule has 0 amide bonds. The van der Waals surface area contributed by atoms with E-state index in [2.05, 4.69) is 6.58 Å². The summed E-state index contributed by atoms with van der Waals surface area (Å²) in [6, 6.07) is 0. The maximum absolute atomic E-state index is 12.2. The number of rotatable bonds is 12. The van der Waals surface area contributed by atoms with Crippen LogP contribution in [0, 0.1) is 0 Å². The standard InChI is InChI=1S/C26H38O15/c1-9-10-33-25-24(22(39-17(7)31)20(37-15(5)29)18(40-25)11-34-13(3)27)41-26-23(32-8)21(38-16(6)30)19(12(2)35-26)36-14(4)28/h9,12,18-26H,1,10-11H2,2-8H3/t12-,18+,19+,20-,21+,22-,23-,24+,25+,26-/m0/s1. The number of hydrogen-bond donors (Lipinski definition) is 0. The molecule has 0 unspecified atom stereocenters. The van der Waals surface area contributed by atoms with Gasteiger partial charge >= 0.3 is 29.8 Å². The average molecular weight is 591 g/mol. The van der Waals surface area contributed by atoms with E-state index < -0.39 is 91.3 Å². The fourth-order valence-electron chi connectivity index (χ4n) is 4.48. The van der Waals surface area contributed by atoms with E-state index in [1.807, 2.05) is 0 Å². The molecule has 41 heavy (non-hydrogen) atoms. The first-order valence-corrected chi connectivity index (χ1v) is 12.8. The number of carbonyl (C=O) groups excluding carboxylic acids is 5. The zero-order chi connectivity index (χ0) is 30.9. The van der Waals surface area contributed by atoms with Gasteiger partial charge in [-0.25, -0.2) is 0 Å². The molecule has 2 saturated heterocycles. The topological polar surface area (TPSA) is 178 Å². The van der Waals surface area contributed by atoms with Gasteiger partial charge in [0.1, 0.15) is 18.8 Å². The fourth-order valence-corrected chi connectivity index (χ4v) is 4.48. The third-order valence-corrected chi connectivity index (χ3v) is 5.92. The summed E-state index contributed by atoms with van der Waals surface area (Å²) in [4.78, 5) is 59.5. The van der Waals surface area contributed by atoms with Crippen molar-refractivity contribution in [2.75, 3.05) is 20.3 Å². The summed E-state index contributed by atoms with van der Waals surface area (Å²) in [7, 11) is 1.30. The molecule has 0 aromatic rings. The first kappa shape index (κ1) is 34.1. The van der Waals surface area contributed by atoms with E-state index in [0.717, 1.165) is 13.8 Å². The molecule has 2 aliphatic heterocycles. The number of ether oxygens (including phenoxy) is 10. The second kappa shape index (κ2) is 15.8. The molecule has 0 aliphatic carbocycles. The van der Waals surface area contributed by atoms with Crippen molar-refractivity contribution in [1.82, 2.24) is 0 Å². The zero-order valence-electron chi connectivity index (χ0n) is 24.1. The monoisotopic (exact) mass is 590 g/mol. The van der Waals surface area contributed by atoms with Gasteiger partial charge in [-0.05, 0) is 6.92 Å². The van der Waals surface area contributed by atoms with E-state index in [0.29, 0.717) is 0 Å². The third kappa shape index (κ3) is 9.74. The lowest BCUT2D eigenvalue weighted by Gasteiger charge is -2.48. The van der Waals surface area contributed by atoms with Gasteiger partial charge in [0, 0.05) is 41.7 Å². The van der Waals surface area contributed by atoms with Crippen LogP contribution in [0.15, 0.2) is 12.7 Å². The van der Waals surface area contributed by atoms with Crippen LogP contribution < -0.4 is 0 Å². The predicted molar refractivity (Wildman–Crippen MR) is 134 cm³/mol. The van der Waals surface area contributed by atoms with Gasteiger partial charge in [0.15, 0.2) is 43.1 Å². The Bertz CT molecular complexity index is 951. The van der Waals surface area contributed by atoms with Crippen LogP contribution in [0.5, 0.6) is 0 Å². The molecular formula is C26H38O15. The smallest absolute Gasteiger partial charge is 0.303 e. The molecule has 2 rings (SSSR count). The zero-order valence-corrected chi connectivity index (χ0v) is 24.1. The van der Waals surface area contributed by atoms with E-state index in [1.165, 1.54) is 34.0 Å². The van der Waals surface area contributed by atoms with Crippen molar-refractivity contribution in [3.05, 3.63) is 12.7 Å². The quantitative estimate of drug-likeness (QED) is 0.173. The van der Waals surface area contributed by atoms with E-state index in [1.54, 1.807) is 6.92 Å². The summed E-state index contributed by atoms with van der Waals surface area (Å²) in [5.41, 5.74) is 0. The van der Waals surface area contributed by atoms with Crippen LogP contribution in [-0.2, 0) is 71.3 Å². The van der Waals surface area contributed by atoms with Crippen LogP contribution in [0.1, 0.15) is 41.5 Å². The van der Waals surface area contributed by atoms with E-state index in [9.17, 15) is 24.0 Å². The minimum atomic E-state index is -1.37. The van der Waals surface area contributed by atoms with E-state index in [4.69, 9.17) is 47.4 Å². The molecule has 2 heterocycles. The highest BCUT2D eigenvalue weighted by Crippen LogP contribution is 2.35. The molecule has 0 radical (unpaired) electrons. The van der Waals surface area contributed by atoms with Gasteiger partial charge < -0.3 is 47.4 Å². The molecule has 15 heteroatoms. The summed E-state index contributed by atoms with van der Waals surface area (Å²) >= 11 is 0. The molecule has 0 aromatic heterocycles. The Morgan fingerprint density at radius 3 is 1.68 bits per heavy atom. The Labute approximate surface area is 237 Å². The minimum absolute atomic E-state index is 0.0456. The minimum Gasteiger partial charge on any atom is -0.463 e. The summed E-state index contributed by atoms with van der Waals surface area (Å²) in [5.74, 6) is -3.47. The van der Waals surface area contributed by atoms with Gasteiger partial charge in [-0.2, -0.15) is 0 Å². The number of methoxy groups -OCH3 is 1. The largest absolute Gasteiger partial charge is 0.463 e. The molecule has 10 atom stereocenters. The normalized spacial score (nSPS) is 33.1. The highest BCUT2D eigenvalue weighted by Gasteiger charge is 2.56. The second-order valence-corrected chi connectivity index (χ2v) is 9.27. The van der Waals surface area contributed by atoms with Crippen molar-refractivity contribution < 1.29 is 71.3 Å². The van der Waals surface area contributed by atoms with Gasteiger partial charge in [0.25, 0.3) is 0 Å². The molecule has 2 fully saturated rings. The molecule has 2 aliphatic rings. The first-order chi connectivity index (χ1) is 19.3. The van der Waals surface area contributed by atoms with Crippen LogP contribution in [0.3, 0.4) is 0 Å². The molecule has 0 aromatic carbocycles. The van der Waals surface area contributed by atoms with Crippen molar-refractivity contribution in [3.8, 4) is 0 Å². The number of carbonyl (C=O) groups is 5. The van der Waals surface area contributed by atoms with Crippen molar-refractivity contribution in [2.45, 2.75) is 103 Å². The molecular weight excluding hydrogens is 552 g/mol. The second-order valence-electron chi connectivity index (χ2n) is 9.27.